The minimum Gasteiger partial charge on any atom is -0.478 e. The molecule has 0 aromatic carbocycles. The number of halogens is 2. The van der Waals surface area contributed by atoms with Crippen LogP contribution in [0.1, 0.15) is 36.5 Å². The van der Waals surface area contributed by atoms with Gasteiger partial charge in [-0.25, -0.2) is 4.79 Å². The molecular weight excluding hydrogens is 249 g/mol. The summed E-state index contributed by atoms with van der Waals surface area (Å²) in [6, 6.07) is 3.08. The molecule has 92 valence electrons. The van der Waals surface area contributed by atoms with Gasteiger partial charge in [0.05, 0.1) is 5.56 Å². The zero-order chi connectivity index (χ0) is 11.5. The van der Waals surface area contributed by atoms with Gasteiger partial charge in [-0.1, -0.05) is 19.8 Å². The Bertz CT molecular complexity index is 264. The highest BCUT2D eigenvalue weighted by atomic mass is 35.5. The number of aromatic carboxylic acids is 1. The molecular formula is C11H17Cl2NO2. The molecule has 0 fully saturated rings. The predicted octanol–water partition coefficient (Wildman–Crippen LogP) is 3.62. The molecule has 3 nitrogen and oxygen atoms in total. The lowest BCUT2D eigenvalue weighted by molar-refractivity contribution is 0.0696. The third-order valence-corrected chi connectivity index (χ3v) is 1.91. The number of hydrogen-bond donors (Lipinski definition) is 1. The van der Waals surface area contributed by atoms with Gasteiger partial charge in [0.25, 0.3) is 0 Å². The first-order chi connectivity index (χ1) is 7.22. The molecule has 0 unspecified atom stereocenters. The van der Waals surface area contributed by atoms with Crippen LogP contribution in [0.4, 0.5) is 0 Å². The second-order valence-electron chi connectivity index (χ2n) is 2.94. The van der Waals surface area contributed by atoms with E-state index in [1.165, 1.54) is 37.7 Å². The van der Waals surface area contributed by atoms with Crippen LogP contribution in [0.15, 0.2) is 24.5 Å². The largest absolute Gasteiger partial charge is 0.478 e. The third kappa shape index (κ3) is 9.74. The molecule has 16 heavy (non-hydrogen) atoms. The first kappa shape index (κ1) is 17.6. The Hall–Kier alpha value is -0.800. The smallest absolute Gasteiger partial charge is 0.337 e. The maximum Gasteiger partial charge on any atom is 0.337 e. The summed E-state index contributed by atoms with van der Waals surface area (Å²) < 4.78 is 0. The molecule has 1 aromatic rings. The van der Waals surface area contributed by atoms with Gasteiger partial charge in [-0.3, -0.25) is 4.98 Å². The number of hydrogen-bond acceptors (Lipinski definition) is 2. The van der Waals surface area contributed by atoms with Crippen molar-refractivity contribution in [3.63, 3.8) is 0 Å². The lowest BCUT2D eigenvalue weighted by Crippen LogP contribution is -1.94. The van der Waals surface area contributed by atoms with Gasteiger partial charge in [-0.15, -0.1) is 24.0 Å². The van der Waals surface area contributed by atoms with Crippen molar-refractivity contribution in [2.45, 2.75) is 26.2 Å². The van der Waals surface area contributed by atoms with Crippen molar-refractivity contribution < 1.29 is 9.90 Å². The van der Waals surface area contributed by atoms with Gasteiger partial charge >= 0.3 is 5.97 Å². The molecule has 0 aliphatic carbocycles. The van der Waals surface area contributed by atoms with Crippen molar-refractivity contribution in [3.05, 3.63) is 30.1 Å². The number of carbonyl (C=O) groups is 1. The minimum atomic E-state index is -0.942. The molecule has 0 spiro atoms. The maximum atomic E-state index is 10.2. The highest BCUT2D eigenvalue weighted by Gasteiger charge is 1.97. The Morgan fingerprint density at radius 2 is 2.19 bits per heavy atom. The van der Waals surface area contributed by atoms with Gasteiger partial charge in [-0.05, 0) is 18.6 Å². The molecule has 1 heterocycles. The molecule has 0 aliphatic rings. The van der Waals surface area contributed by atoms with Gasteiger partial charge in [0.15, 0.2) is 0 Å². The topological polar surface area (TPSA) is 50.2 Å². The van der Waals surface area contributed by atoms with Crippen LogP contribution in [-0.2, 0) is 0 Å². The zero-order valence-corrected chi connectivity index (χ0v) is 10.8. The van der Waals surface area contributed by atoms with E-state index in [4.69, 9.17) is 16.7 Å². The minimum absolute atomic E-state index is 0. The Morgan fingerprint density at radius 3 is 2.44 bits per heavy atom. The van der Waals surface area contributed by atoms with Gasteiger partial charge < -0.3 is 5.11 Å². The predicted molar refractivity (Wildman–Crippen MR) is 68.7 cm³/mol. The van der Waals surface area contributed by atoms with Crippen LogP contribution >= 0.6 is 24.0 Å². The fraction of sp³-hybridized carbons (Fsp3) is 0.455. The quantitative estimate of drug-likeness (QED) is 0.668. The van der Waals surface area contributed by atoms with E-state index in [1.54, 1.807) is 6.07 Å². The summed E-state index contributed by atoms with van der Waals surface area (Å²) in [5, 5.41) is 8.34. The van der Waals surface area contributed by atoms with Crippen LogP contribution < -0.4 is 0 Å². The average molecular weight is 266 g/mol. The second kappa shape index (κ2) is 12.3. The molecule has 0 bridgehead atoms. The standard InChI is InChI=1S/C6H5NO2.C5H11Cl.ClH/c8-6(9)5-2-1-3-7-4-5;1-2-3-4-5-6;/h1-4H,(H,8,9);2-5H2,1H3;1H. The average Bonchev–Trinajstić information content (AvgIpc) is 2.28. The van der Waals surface area contributed by atoms with Crippen molar-refractivity contribution in [2.24, 2.45) is 0 Å². The number of rotatable bonds is 4. The molecule has 0 radical (unpaired) electrons. The Labute approximate surface area is 107 Å². The summed E-state index contributed by atoms with van der Waals surface area (Å²) in [5.41, 5.74) is 0.220. The molecule has 0 atom stereocenters. The number of nitrogens with zero attached hydrogens (tertiary/aromatic N) is 1. The van der Waals surface area contributed by atoms with Crippen molar-refractivity contribution in [3.8, 4) is 0 Å². The SMILES string of the molecule is CCCCCCl.Cl.O=C(O)c1cccnc1. The summed E-state index contributed by atoms with van der Waals surface area (Å²) in [4.78, 5) is 13.8. The summed E-state index contributed by atoms with van der Waals surface area (Å²) in [6.45, 7) is 2.17. The fourth-order valence-corrected chi connectivity index (χ4v) is 1.02. The van der Waals surface area contributed by atoms with Gasteiger partial charge in [0, 0.05) is 18.3 Å². The zero-order valence-electron chi connectivity index (χ0n) is 9.23. The van der Waals surface area contributed by atoms with Crippen LogP contribution in [0.25, 0.3) is 0 Å². The number of carboxylic acids is 1. The van der Waals surface area contributed by atoms with E-state index in [9.17, 15) is 4.79 Å². The van der Waals surface area contributed by atoms with Gasteiger partial charge in [-0.2, -0.15) is 0 Å². The van der Waals surface area contributed by atoms with Gasteiger partial charge in [0.2, 0.25) is 0 Å². The van der Waals surface area contributed by atoms with E-state index in [-0.39, 0.29) is 18.0 Å². The molecule has 0 aliphatic heterocycles. The van der Waals surface area contributed by atoms with E-state index >= 15 is 0 Å². The molecule has 1 N–H and O–H groups in total. The Kier molecular flexibility index (Phi) is 13.5. The number of alkyl halides is 1. The lowest BCUT2D eigenvalue weighted by atomic mass is 10.3. The maximum absolute atomic E-state index is 10.2. The van der Waals surface area contributed by atoms with E-state index < -0.39 is 5.97 Å². The Morgan fingerprint density at radius 1 is 1.50 bits per heavy atom. The highest BCUT2D eigenvalue weighted by Crippen LogP contribution is 1.94. The summed E-state index contributed by atoms with van der Waals surface area (Å²) in [7, 11) is 0. The number of unbranched alkanes of at least 4 members (excludes halogenated alkanes) is 2. The number of aromatic nitrogens is 1. The molecule has 5 heteroatoms. The van der Waals surface area contributed by atoms with Crippen molar-refractivity contribution in [1.82, 2.24) is 4.98 Å². The molecule has 0 amide bonds. The van der Waals surface area contributed by atoms with Crippen molar-refractivity contribution in [1.29, 1.82) is 0 Å². The normalized spacial score (nSPS) is 8.38. The second-order valence-corrected chi connectivity index (χ2v) is 3.32. The van der Waals surface area contributed by atoms with E-state index in [1.807, 2.05) is 0 Å². The Balaban J connectivity index is 0. The third-order valence-electron chi connectivity index (χ3n) is 1.65. The van der Waals surface area contributed by atoms with Crippen LogP contribution in [-0.4, -0.2) is 21.9 Å². The lowest BCUT2D eigenvalue weighted by Gasteiger charge is -1.87. The monoisotopic (exact) mass is 265 g/mol. The van der Waals surface area contributed by atoms with Gasteiger partial charge in [0.1, 0.15) is 0 Å². The number of carboxylic acid groups (broad SMARTS) is 1. The first-order valence-corrected chi connectivity index (χ1v) is 5.45. The fourth-order valence-electron chi connectivity index (χ4n) is 0.834. The van der Waals surface area contributed by atoms with E-state index in [2.05, 4.69) is 11.9 Å². The van der Waals surface area contributed by atoms with Crippen LogP contribution in [0.3, 0.4) is 0 Å². The summed E-state index contributed by atoms with van der Waals surface area (Å²) in [5.74, 6) is -0.114. The van der Waals surface area contributed by atoms with Crippen molar-refractivity contribution >= 4 is 30.0 Å². The van der Waals surface area contributed by atoms with Crippen LogP contribution in [0.5, 0.6) is 0 Å². The highest BCUT2D eigenvalue weighted by molar-refractivity contribution is 6.17. The molecule has 0 saturated carbocycles. The number of pyridine rings is 1. The molecule has 1 aromatic heterocycles. The van der Waals surface area contributed by atoms with Crippen molar-refractivity contribution in [2.75, 3.05) is 5.88 Å². The first-order valence-electron chi connectivity index (χ1n) is 4.91. The molecule has 0 saturated heterocycles. The van der Waals surface area contributed by atoms with Crippen LogP contribution in [0, 0.1) is 0 Å². The van der Waals surface area contributed by atoms with E-state index in [0.717, 1.165) is 5.88 Å². The molecule has 1 rings (SSSR count). The van der Waals surface area contributed by atoms with Crippen LogP contribution in [0.2, 0.25) is 0 Å². The van der Waals surface area contributed by atoms with E-state index in [0.29, 0.717) is 0 Å². The summed E-state index contributed by atoms with van der Waals surface area (Å²) in [6.07, 6.45) is 6.57. The summed E-state index contributed by atoms with van der Waals surface area (Å²) >= 11 is 5.38.